The molecular weight excluding hydrogens is 325 g/mol. The number of hydrogen-bond acceptors (Lipinski definition) is 4. The number of rotatable bonds is 4. The molecule has 0 amide bonds. The lowest BCUT2D eigenvalue weighted by atomic mass is 10.2. The molecule has 0 heterocycles. The zero-order chi connectivity index (χ0) is 16.1. The van der Waals surface area contributed by atoms with Crippen molar-refractivity contribution in [3.63, 3.8) is 0 Å². The van der Waals surface area contributed by atoms with Gasteiger partial charge in [-0.3, -0.25) is 0 Å². The second-order valence-electron chi connectivity index (χ2n) is 4.39. The monoisotopic (exact) mass is 335 g/mol. The van der Waals surface area contributed by atoms with Crippen molar-refractivity contribution in [1.82, 2.24) is 0 Å². The van der Waals surface area contributed by atoms with E-state index in [0.29, 0.717) is 21.4 Å². The molecule has 0 N–H and O–H groups in total. The quantitative estimate of drug-likeness (QED) is 0.619. The molecule has 2 rings (SSSR count). The maximum Gasteiger partial charge on any atom is 0.352 e. The molecule has 22 heavy (non-hydrogen) atoms. The summed E-state index contributed by atoms with van der Waals surface area (Å²) >= 11 is 11.6. The van der Waals surface area contributed by atoms with Gasteiger partial charge in [-0.05, 0) is 43.3 Å². The Hall–Kier alpha value is -2.22. The van der Waals surface area contributed by atoms with Gasteiger partial charge in [-0.2, -0.15) is 5.26 Å². The van der Waals surface area contributed by atoms with Crippen molar-refractivity contribution >= 4 is 29.2 Å². The second-order valence-corrected chi connectivity index (χ2v) is 5.21. The van der Waals surface area contributed by atoms with Gasteiger partial charge in [0.2, 0.25) is 0 Å². The first-order chi connectivity index (χ1) is 10.5. The predicted molar refractivity (Wildman–Crippen MR) is 83.3 cm³/mol. The number of ether oxygens (including phenoxy) is 2. The molecule has 6 heteroatoms. The number of benzene rings is 2. The molecule has 112 valence electrons. The molecule has 0 bridgehead atoms. The lowest BCUT2D eigenvalue weighted by Gasteiger charge is -2.14. The number of carbonyl (C=O) groups is 1. The van der Waals surface area contributed by atoms with Gasteiger partial charge in [0.1, 0.15) is 11.5 Å². The minimum atomic E-state index is -0.817. The molecule has 0 aliphatic carbocycles. The Labute approximate surface area is 137 Å². The summed E-state index contributed by atoms with van der Waals surface area (Å²) in [5.41, 5.74) is 0.512. The van der Waals surface area contributed by atoms with Crippen molar-refractivity contribution < 1.29 is 14.3 Å². The molecule has 0 spiro atoms. The first kappa shape index (κ1) is 16.2. The fourth-order valence-electron chi connectivity index (χ4n) is 1.60. The Kier molecular flexibility index (Phi) is 5.26. The van der Waals surface area contributed by atoms with Crippen molar-refractivity contribution in [2.45, 2.75) is 13.0 Å². The van der Waals surface area contributed by atoms with E-state index in [1.165, 1.54) is 6.07 Å². The van der Waals surface area contributed by atoms with Crippen LogP contribution < -0.4 is 9.47 Å². The summed E-state index contributed by atoms with van der Waals surface area (Å²) in [6.07, 6.45) is -0.817. The highest BCUT2D eigenvalue weighted by Crippen LogP contribution is 2.26. The van der Waals surface area contributed by atoms with Gasteiger partial charge in [0.05, 0.1) is 21.7 Å². The van der Waals surface area contributed by atoms with Crippen LogP contribution in [0.1, 0.15) is 12.5 Å². The molecule has 0 fully saturated rings. The highest BCUT2D eigenvalue weighted by Gasteiger charge is 2.17. The third-order valence-electron chi connectivity index (χ3n) is 2.74. The zero-order valence-electron chi connectivity index (χ0n) is 11.5. The number of hydrogen-bond donors (Lipinski definition) is 0. The number of carbonyl (C=O) groups excluding carboxylic acids is 1. The minimum Gasteiger partial charge on any atom is -0.479 e. The fourth-order valence-corrected chi connectivity index (χ4v) is 1.89. The van der Waals surface area contributed by atoms with Crippen LogP contribution in [-0.4, -0.2) is 12.1 Å². The summed E-state index contributed by atoms with van der Waals surface area (Å²) in [4.78, 5) is 12.0. The van der Waals surface area contributed by atoms with Crippen molar-refractivity contribution in [2.75, 3.05) is 0 Å². The van der Waals surface area contributed by atoms with Crippen LogP contribution >= 0.6 is 23.2 Å². The van der Waals surface area contributed by atoms with E-state index in [9.17, 15) is 4.79 Å². The van der Waals surface area contributed by atoms with E-state index in [1.54, 1.807) is 43.3 Å². The Morgan fingerprint density at radius 2 is 1.73 bits per heavy atom. The SMILES string of the molecule is CC(Oc1ccc(C#N)cc1)C(=O)Oc1ccc(Cl)c(Cl)c1. The van der Waals surface area contributed by atoms with Crippen LogP contribution in [0.5, 0.6) is 11.5 Å². The number of nitrogens with zero attached hydrogens (tertiary/aromatic N) is 1. The van der Waals surface area contributed by atoms with Crippen molar-refractivity contribution in [3.05, 3.63) is 58.1 Å². The highest BCUT2D eigenvalue weighted by molar-refractivity contribution is 6.42. The third-order valence-corrected chi connectivity index (χ3v) is 3.48. The van der Waals surface area contributed by atoms with E-state index in [2.05, 4.69) is 0 Å². The summed E-state index contributed by atoms with van der Waals surface area (Å²) in [5, 5.41) is 9.40. The van der Waals surface area contributed by atoms with Crippen molar-refractivity contribution in [1.29, 1.82) is 5.26 Å². The van der Waals surface area contributed by atoms with Crippen LogP contribution in [0.2, 0.25) is 10.0 Å². The Bertz CT molecular complexity index is 723. The standard InChI is InChI=1S/C16H11Cl2NO3/c1-10(21-12-4-2-11(9-19)3-5-12)16(20)22-13-6-7-14(17)15(18)8-13/h2-8,10H,1H3. The second kappa shape index (κ2) is 7.17. The van der Waals surface area contributed by atoms with E-state index in [-0.39, 0.29) is 5.75 Å². The van der Waals surface area contributed by atoms with Gasteiger partial charge in [-0.25, -0.2) is 4.79 Å². The molecule has 1 atom stereocenters. The maximum atomic E-state index is 12.0. The van der Waals surface area contributed by atoms with Crippen LogP contribution in [0, 0.1) is 11.3 Å². The van der Waals surface area contributed by atoms with Crippen LogP contribution in [0.3, 0.4) is 0 Å². The molecular formula is C16H11Cl2NO3. The van der Waals surface area contributed by atoms with Gasteiger partial charge < -0.3 is 9.47 Å². The topological polar surface area (TPSA) is 59.3 Å². The highest BCUT2D eigenvalue weighted by atomic mass is 35.5. The minimum absolute atomic E-state index is 0.287. The Balaban J connectivity index is 1.99. The van der Waals surface area contributed by atoms with Gasteiger partial charge in [0.15, 0.2) is 6.10 Å². The largest absolute Gasteiger partial charge is 0.479 e. The molecule has 0 saturated heterocycles. The van der Waals surface area contributed by atoms with E-state index in [0.717, 1.165) is 0 Å². The lowest BCUT2D eigenvalue weighted by Crippen LogP contribution is -2.28. The molecule has 0 aliphatic rings. The zero-order valence-corrected chi connectivity index (χ0v) is 13.1. The molecule has 1 unspecified atom stereocenters. The van der Waals surface area contributed by atoms with Gasteiger partial charge in [-0.15, -0.1) is 0 Å². The summed E-state index contributed by atoms with van der Waals surface area (Å²) in [7, 11) is 0. The number of halogens is 2. The first-order valence-corrected chi connectivity index (χ1v) is 7.09. The first-order valence-electron chi connectivity index (χ1n) is 6.33. The van der Waals surface area contributed by atoms with E-state index >= 15 is 0 Å². The molecule has 0 radical (unpaired) electrons. The maximum absolute atomic E-state index is 12.0. The van der Waals surface area contributed by atoms with E-state index in [1.807, 2.05) is 6.07 Å². The van der Waals surface area contributed by atoms with Crippen molar-refractivity contribution in [2.24, 2.45) is 0 Å². The third kappa shape index (κ3) is 4.14. The number of nitriles is 1. The average molecular weight is 336 g/mol. The smallest absolute Gasteiger partial charge is 0.352 e. The predicted octanol–water partition coefficient (Wildman–Crippen LogP) is 4.24. The van der Waals surface area contributed by atoms with Gasteiger partial charge in [0, 0.05) is 6.07 Å². The van der Waals surface area contributed by atoms with Crippen LogP contribution in [-0.2, 0) is 4.79 Å². The molecule has 2 aromatic carbocycles. The van der Waals surface area contributed by atoms with Crippen molar-refractivity contribution in [3.8, 4) is 17.6 Å². The summed E-state index contributed by atoms with van der Waals surface area (Å²) < 4.78 is 10.6. The van der Waals surface area contributed by atoms with Crippen LogP contribution in [0.25, 0.3) is 0 Å². The number of esters is 1. The molecule has 2 aromatic rings. The Morgan fingerprint density at radius 1 is 1.09 bits per heavy atom. The van der Waals surface area contributed by atoms with Crippen LogP contribution in [0.15, 0.2) is 42.5 Å². The summed E-state index contributed by atoms with van der Waals surface area (Å²) in [5.74, 6) is 0.190. The Morgan fingerprint density at radius 3 is 2.32 bits per heavy atom. The molecule has 0 saturated carbocycles. The summed E-state index contributed by atoms with van der Waals surface area (Å²) in [6, 6.07) is 13.0. The molecule has 0 aromatic heterocycles. The van der Waals surface area contributed by atoms with E-state index in [4.69, 9.17) is 37.9 Å². The normalized spacial score (nSPS) is 11.4. The van der Waals surface area contributed by atoms with Gasteiger partial charge in [-0.1, -0.05) is 23.2 Å². The van der Waals surface area contributed by atoms with E-state index < -0.39 is 12.1 Å². The fraction of sp³-hybridized carbons (Fsp3) is 0.125. The molecule has 0 aliphatic heterocycles. The van der Waals surface area contributed by atoms with Gasteiger partial charge >= 0.3 is 5.97 Å². The average Bonchev–Trinajstić information content (AvgIpc) is 2.51. The van der Waals surface area contributed by atoms with Gasteiger partial charge in [0.25, 0.3) is 0 Å². The molecule has 4 nitrogen and oxygen atoms in total. The lowest BCUT2D eigenvalue weighted by molar-refractivity contribution is -0.141. The van der Waals surface area contributed by atoms with Crippen LogP contribution in [0.4, 0.5) is 0 Å². The summed E-state index contributed by atoms with van der Waals surface area (Å²) in [6.45, 7) is 1.57.